The summed E-state index contributed by atoms with van der Waals surface area (Å²) < 4.78 is 44.9. The maximum Gasteiger partial charge on any atom is 0.416 e. The number of alkyl halides is 3. The highest BCUT2D eigenvalue weighted by Gasteiger charge is 2.31. The zero-order valence-electron chi connectivity index (χ0n) is 20.9. The molecule has 1 aliphatic rings. The second-order valence-electron chi connectivity index (χ2n) is 9.45. The summed E-state index contributed by atoms with van der Waals surface area (Å²) in [5.41, 5.74) is 1.95. The minimum atomic E-state index is -4.32. The van der Waals surface area contributed by atoms with Gasteiger partial charge in [0.25, 0.3) is 0 Å². The lowest BCUT2D eigenvalue weighted by atomic mass is 10.0. The van der Waals surface area contributed by atoms with Crippen molar-refractivity contribution in [3.05, 3.63) is 84.1 Å². The largest absolute Gasteiger partial charge is 0.416 e. The van der Waals surface area contributed by atoms with Gasteiger partial charge in [0.15, 0.2) is 5.76 Å². The van der Waals surface area contributed by atoms with Crippen molar-refractivity contribution in [2.24, 2.45) is 0 Å². The fourth-order valence-electron chi connectivity index (χ4n) is 4.92. The van der Waals surface area contributed by atoms with E-state index in [9.17, 15) is 13.2 Å². The summed E-state index contributed by atoms with van der Waals surface area (Å²) in [7, 11) is 0. The Morgan fingerprint density at radius 1 is 0.919 bits per heavy atom. The molecule has 8 heteroatoms. The summed E-state index contributed by atoms with van der Waals surface area (Å²) in [5, 5.41) is 6.67. The first-order valence-corrected chi connectivity index (χ1v) is 12.7. The molecule has 4 aromatic rings. The Kier molecular flexibility index (Phi) is 7.48. The Labute approximate surface area is 215 Å². The van der Waals surface area contributed by atoms with E-state index in [4.69, 9.17) is 4.52 Å². The highest BCUT2D eigenvalue weighted by molar-refractivity contribution is 5.95. The Balaban J connectivity index is 1.14. The van der Waals surface area contributed by atoms with Crippen LogP contribution in [-0.2, 0) is 12.7 Å². The van der Waals surface area contributed by atoms with Crippen LogP contribution in [0.5, 0.6) is 0 Å². The molecule has 1 fully saturated rings. The van der Waals surface area contributed by atoms with Gasteiger partial charge in [-0.2, -0.15) is 13.2 Å². The number of anilines is 1. The summed E-state index contributed by atoms with van der Waals surface area (Å²) in [6, 6.07) is 22.1. The average Bonchev–Trinajstić information content (AvgIpc) is 3.39. The Morgan fingerprint density at radius 3 is 2.46 bits per heavy atom. The van der Waals surface area contributed by atoms with Gasteiger partial charge in [0.1, 0.15) is 5.69 Å². The van der Waals surface area contributed by atoms with Gasteiger partial charge in [0.05, 0.1) is 12.1 Å². The quantitative estimate of drug-likeness (QED) is 0.285. The van der Waals surface area contributed by atoms with Gasteiger partial charge < -0.3 is 9.42 Å². The number of hydrogen-bond acceptors (Lipinski definition) is 5. The Hall–Kier alpha value is -3.36. The zero-order chi connectivity index (χ0) is 25.8. The van der Waals surface area contributed by atoms with E-state index in [0.29, 0.717) is 25.3 Å². The molecule has 0 bridgehead atoms. The van der Waals surface area contributed by atoms with Crippen LogP contribution < -0.4 is 4.90 Å². The van der Waals surface area contributed by atoms with E-state index in [2.05, 4.69) is 46.1 Å². The highest BCUT2D eigenvalue weighted by Crippen LogP contribution is 2.32. The lowest BCUT2D eigenvalue weighted by Gasteiger charge is -2.37. The molecule has 0 unspecified atom stereocenters. The van der Waals surface area contributed by atoms with Crippen LogP contribution in [0.4, 0.5) is 18.9 Å². The van der Waals surface area contributed by atoms with Gasteiger partial charge in [-0.25, -0.2) is 0 Å². The van der Waals surface area contributed by atoms with Gasteiger partial charge in [-0.15, -0.1) is 0 Å². The van der Waals surface area contributed by atoms with Crippen LogP contribution in [0.3, 0.4) is 0 Å². The minimum Gasteiger partial charge on any atom is -0.369 e. The first-order chi connectivity index (χ1) is 17.9. The fraction of sp³-hybridized carbons (Fsp3) is 0.345. The maximum atomic E-state index is 13.1. The van der Waals surface area contributed by atoms with Gasteiger partial charge in [-0.05, 0) is 35.5 Å². The number of fused-ring (bicyclic) bond motifs is 1. The fourth-order valence-corrected chi connectivity index (χ4v) is 4.92. The molecule has 194 valence electrons. The van der Waals surface area contributed by atoms with Crippen molar-refractivity contribution in [1.82, 2.24) is 15.0 Å². The molecule has 3 aromatic carbocycles. The molecule has 0 amide bonds. The van der Waals surface area contributed by atoms with E-state index in [1.54, 1.807) is 6.07 Å². The summed E-state index contributed by atoms with van der Waals surface area (Å²) in [6.07, 6.45) is -4.32. The van der Waals surface area contributed by atoms with Gasteiger partial charge in [-0.1, -0.05) is 60.6 Å². The van der Waals surface area contributed by atoms with E-state index >= 15 is 0 Å². The molecule has 0 radical (unpaired) electrons. The predicted octanol–water partition coefficient (Wildman–Crippen LogP) is 6.16. The smallest absolute Gasteiger partial charge is 0.369 e. The molecule has 0 atom stereocenters. The molecule has 1 aliphatic heterocycles. The second-order valence-corrected chi connectivity index (χ2v) is 9.45. The van der Waals surface area contributed by atoms with Crippen LogP contribution >= 0.6 is 0 Å². The number of rotatable bonds is 8. The number of halogens is 3. The number of nitrogens with zero attached hydrogens (tertiary/aromatic N) is 4. The van der Waals surface area contributed by atoms with Crippen molar-refractivity contribution in [3.63, 3.8) is 0 Å². The number of piperazine rings is 1. The molecular formula is C29H31F3N4O. The standard InChI is InChI=1S/C29H31F3N4O/c1-2-34(21-25-20-28(33-37-25)27-12-5-8-22-7-3-4-11-26(22)27)13-14-35-15-17-36(18-16-35)24-10-6-9-23(19-24)29(30,31)32/h3-12,19-20H,2,13-18,21H2,1H3. The van der Waals surface area contributed by atoms with Crippen molar-refractivity contribution in [1.29, 1.82) is 0 Å². The topological polar surface area (TPSA) is 35.8 Å². The van der Waals surface area contributed by atoms with Crippen molar-refractivity contribution >= 4 is 16.5 Å². The van der Waals surface area contributed by atoms with E-state index in [1.807, 2.05) is 29.2 Å². The van der Waals surface area contributed by atoms with Crippen molar-refractivity contribution < 1.29 is 17.7 Å². The molecule has 0 N–H and O–H groups in total. The van der Waals surface area contributed by atoms with Crippen molar-refractivity contribution in [3.8, 4) is 11.3 Å². The summed E-state index contributed by atoms with van der Waals surface area (Å²) in [6.45, 7) is 8.54. The third kappa shape index (κ3) is 5.97. The summed E-state index contributed by atoms with van der Waals surface area (Å²) in [4.78, 5) is 6.73. The van der Waals surface area contributed by atoms with E-state index in [0.717, 1.165) is 61.2 Å². The monoisotopic (exact) mass is 508 g/mol. The van der Waals surface area contributed by atoms with Gasteiger partial charge in [0.2, 0.25) is 0 Å². The Bertz CT molecular complexity index is 1320. The van der Waals surface area contributed by atoms with E-state index in [-0.39, 0.29) is 0 Å². The SMILES string of the molecule is CCN(CCN1CCN(c2cccc(C(F)(F)F)c2)CC1)Cc1cc(-c2cccc3ccccc23)no1. The molecule has 37 heavy (non-hydrogen) atoms. The zero-order valence-corrected chi connectivity index (χ0v) is 20.9. The van der Waals surface area contributed by atoms with E-state index < -0.39 is 11.7 Å². The van der Waals surface area contributed by atoms with Gasteiger partial charge in [0, 0.05) is 56.6 Å². The van der Waals surface area contributed by atoms with Crippen LogP contribution in [0.1, 0.15) is 18.2 Å². The van der Waals surface area contributed by atoms with Crippen LogP contribution in [0.2, 0.25) is 0 Å². The number of likely N-dealkylation sites (N-methyl/N-ethyl adjacent to an activating group) is 1. The average molecular weight is 509 g/mol. The third-order valence-corrected chi connectivity index (χ3v) is 7.09. The normalized spacial score (nSPS) is 15.1. The Morgan fingerprint density at radius 2 is 1.68 bits per heavy atom. The number of hydrogen-bond donors (Lipinski definition) is 0. The number of aromatic nitrogens is 1. The molecule has 0 aliphatic carbocycles. The molecule has 5 rings (SSSR count). The van der Waals surface area contributed by atoms with Crippen LogP contribution in [0, 0.1) is 0 Å². The molecular weight excluding hydrogens is 477 g/mol. The summed E-state index contributed by atoms with van der Waals surface area (Å²) >= 11 is 0. The first-order valence-electron chi connectivity index (χ1n) is 12.7. The van der Waals surface area contributed by atoms with Crippen LogP contribution in [0.25, 0.3) is 22.0 Å². The maximum absolute atomic E-state index is 13.1. The molecule has 5 nitrogen and oxygen atoms in total. The summed E-state index contributed by atoms with van der Waals surface area (Å²) in [5.74, 6) is 0.833. The molecule has 0 spiro atoms. The molecule has 0 saturated carbocycles. The minimum absolute atomic E-state index is 0.595. The highest BCUT2D eigenvalue weighted by atomic mass is 19.4. The number of benzene rings is 3. The van der Waals surface area contributed by atoms with Crippen molar-refractivity contribution in [2.45, 2.75) is 19.6 Å². The predicted molar refractivity (Wildman–Crippen MR) is 140 cm³/mol. The molecule has 2 heterocycles. The van der Waals surface area contributed by atoms with Crippen LogP contribution in [-0.4, -0.2) is 60.8 Å². The molecule has 1 aromatic heterocycles. The van der Waals surface area contributed by atoms with Gasteiger partial charge in [-0.3, -0.25) is 9.80 Å². The van der Waals surface area contributed by atoms with Crippen LogP contribution in [0.15, 0.2) is 77.3 Å². The lowest BCUT2D eigenvalue weighted by molar-refractivity contribution is -0.137. The van der Waals surface area contributed by atoms with E-state index in [1.165, 1.54) is 17.5 Å². The second kappa shape index (κ2) is 10.9. The van der Waals surface area contributed by atoms with Gasteiger partial charge >= 0.3 is 6.18 Å². The van der Waals surface area contributed by atoms with Crippen molar-refractivity contribution in [2.75, 3.05) is 50.7 Å². The lowest BCUT2D eigenvalue weighted by Crippen LogP contribution is -2.48. The first kappa shape index (κ1) is 25.3. The molecule has 1 saturated heterocycles. The third-order valence-electron chi connectivity index (χ3n) is 7.09.